The average Bonchev–Trinajstić information content (AvgIpc) is 2.46. The van der Waals surface area contributed by atoms with Crippen molar-refractivity contribution in [2.75, 3.05) is 0 Å². The van der Waals surface area contributed by atoms with Crippen molar-refractivity contribution in [2.24, 2.45) is 0 Å². The van der Waals surface area contributed by atoms with Crippen LogP contribution in [0.4, 0.5) is 0 Å². The Bertz CT molecular complexity index is 638. The van der Waals surface area contributed by atoms with Crippen molar-refractivity contribution in [1.82, 2.24) is 0 Å². The third kappa shape index (κ3) is 1.89. The van der Waals surface area contributed by atoms with Gasteiger partial charge in [-0.25, -0.2) is 0 Å². The van der Waals surface area contributed by atoms with Gasteiger partial charge in [0.05, 0.1) is 0 Å². The van der Waals surface area contributed by atoms with Crippen molar-refractivity contribution >= 4 is 5.78 Å². The van der Waals surface area contributed by atoms with Gasteiger partial charge in [0, 0.05) is 18.6 Å². The summed E-state index contributed by atoms with van der Waals surface area (Å²) in [5, 5.41) is 19.4. The molecule has 1 aliphatic carbocycles. The van der Waals surface area contributed by atoms with Gasteiger partial charge in [-0.2, -0.15) is 0 Å². The molecule has 2 N–H and O–H groups in total. The molecule has 98 valence electrons. The minimum atomic E-state index is -0.235. The zero-order valence-electron chi connectivity index (χ0n) is 10.6. The third-order valence-electron chi connectivity index (χ3n) is 3.51. The van der Waals surface area contributed by atoms with Gasteiger partial charge in [0.1, 0.15) is 28.6 Å². The predicted molar refractivity (Wildman–Crippen MR) is 69.4 cm³/mol. The molecular formula is C15H14O4. The second-order valence-corrected chi connectivity index (χ2v) is 4.90. The maximum absolute atomic E-state index is 12.2. The summed E-state index contributed by atoms with van der Waals surface area (Å²) in [6, 6.07) is 2.53. The van der Waals surface area contributed by atoms with Crippen molar-refractivity contribution in [1.29, 1.82) is 0 Å². The van der Waals surface area contributed by atoms with E-state index in [1.54, 1.807) is 0 Å². The van der Waals surface area contributed by atoms with Crippen molar-refractivity contribution in [2.45, 2.75) is 26.2 Å². The molecule has 4 heteroatoms. The second-order valence-electron chi connectivity index (χ2n) is 4.90. The smallest absolute Gasteiger partial charge is 0.174 e. The first-order valence-corrected chi connectivity index (χ1v) is 6.22. The minimum absolute atomic E-state index is 0.120. The molecular weight excluding hydrogens is 244 g/mol. The molecule has 0 bridgehead atoms. The van der Waals surface area contributed by atoms with Gasteiger partial charge >= 0.3 is 0 Å². The first-order chi connectivity index (χ1) is 9.06. The van der Waals surface area contributed by atoms with Gasteiger partial charge in [-0.3, -0.25) is 4.79 Å². The standard InChI is InChI=1S/C15H14O4/c1-8-3-2-4-9-5-11(17)14-12(18)6-10(16)7-13(14)19-15(8)9/h3,6-7,16,18H,2,4-5H2,1H3. The Kier molecular flexibility index (Phi) is 2.59. The Morgan fingerprint density at radius 3 is 2.84 bits per heavy atom. The molecule has 1 aromatic carbocycles. The molecule has 0 atom stereocenters. The summed E-state index contributed by atoms with van der Waals surface area (Å²) in [5.74, 6) is 0.393. The molecule has 1 aliphatic heterocycles. The predicted octanol–water partition coefficient (Wildman–Crippen LogP) is 3.06. The average molecular weight is 258 g/mol. The number of ketones is 1. The van der Waals surface area contributed by atoms with E-state index in [9.17, 15) is 15.0 Å². The van der Waals surface area contributed by atoms with Crippen LogP contribution in [0.5, 0.6) is 17.2 Å². The number of fused-ring (bicyclic) bond motifs is 1. The number of aromatic hydroxyl groups is 2. The van der Waals surface area contributed by atoms with E-state index in [0.29, 0.717) is 5.76 Å². The van der Waals surface area contributed by atoms with Gasteiger partial charge in [-0.1, -0.05) is 6.08 Å². The van der Waals surface area contributed by atoms with Crippen molar-refractivity contribution < 1.29 is 19.7 Å². The first kappa shape index (κ1) is 11.8. The van der Waals surface area contributed by atoms with E-state index >= 15 is 0 Å². The van der Waals surface area contributed by atoms with Crippen LogP contribution in [0, 0.1) is 0 Å². The number of allylic oxidation sites excluding steroid dienone is 3. The highest BCUT2D eigenvalue weighted by atomic mass is 16.5. The van der Waals surface area contributed by atoms with E-state index < -0.39 is 0 Å². The Morgan fingerprint density at radius 2 is 2.05 bits per heavy atom. The van der Waals surface area contributed by atoms with Gasteiger partial charge in [-0.15, -0.1) is 0 Å². The van der Waals surface area contributed by atoms with E-state index in [1.165, 1.54) is 6.07 Å². The minimum Gasteiger partial charge on any atom is -0.508 e. The van der Waals surface area contributed by atoms with Crippen molar-refractivity contribution in [3.8, 4) is 17.2 Å². The molecule has 1 heterocycles. The Labute approximate surface area is 110 Å². The number of hydrogen-bond acceptors (Lipinski definition) is 4. The molecule has 0 saturated heterocycles. The molecule has 0 saturated carbocycles. The number of phenols is 2. The van der Waals surface area contributed by atoms with Gasteiger partial charge in [-0.05, 0) is 30.9 Å². The molecule has 2 aliphatic rings. The van der Waals surface area contributed by atoms with Crippen LogP contribution in [-0.2, 0) is 0 Å². The topological polar surface area (TPSA) is 66.8 Å². The zero-order valence-corrected chi connectivity index (χ0v) is 10.6. The van der Waals surface area contributed by atoms with Gasteiger partial charge < -0.3 is 14.9 Å². The Hall–Kier alpha value is -2.23. The van der Waals surface area contributed by atoms with Crippen LogP contribution < -0.4 is 4.74 Å². The number of Topliss-reactive ketones (excluding diaryl/α,β-unsaturated/α-hetero) is 1. The van der Waals surface area contributed by atoms with Crippen LogP contribution in [0.1, 0.15) is 36.5 Å². The monoisotopic (exact) mass is 258 g/mol. The molecule has 0 unspecified atom stereocenters. The van der Waals surface area contributed by atoms with Gasteiger partial charge in [0.2, 0.25) is 0 Å². The highest BCUT2D eigenvalue weighted by Crippen LogP contribution is 2.41. The number of carbonyl (C=O) groups excluding carboxylic acids is 1. The maximum Gasteiger partial charge on any atom is 0.174 e. The number of phenolic OH excluding ortho intramolecular Hbond substituents is 2. The summed E-state index contributed by atoms with van der Waals surface area (Å²) >= 11 is 0. The summed E-state index contributed by atoms with van der Waals surface area (Å²) in [7, 11) is 0. The van der Waals surface area contributed by atoms with E-state index in [-0.39, 0.29) is 35.0 Å². The highest BCUT2D eigenvalue weighted by Gasteiger charge is 2.28. The summed E-state index contributed by atoms with van der Waals surface area (Å²) < 4.78 is 5.78. The molecule has 19 heavy (non-hydrogen) atoms. The second kappa shape index (κ2) is 4.16. The number of rotatable bonds is 0. The Morgan fingerprint density at radius 1 is 1.26 bits per heavy atom. The largest absolute Gasteiger partial charge is 0.508 e. The SMILES string of the molecule is CC1=CCCC2=C1Oc1cc(O)cc(O)c1C(=O)C2. The zero-order chi connectivity index (χ0) is 13.6. The summed E-state index contributed by atoms with van der Waals surface area (Å²) in [4.78, 5) is 12.2. The first-order valence-electron chi connectivity index (χ1n) is 6.22. The van der Waals surface area contributed by atoms with Gasteiger partial charge in [0.15, 0.2) is 5.78 Å². The fourth-order valence-electron chi connectivity index (χ4n) is 2.61. The van der Waals surface area contributed by atoms with E-state index in [1.807, 2.05) is 6.92 Å². The lowest BCUT2D eigenvalue weighted by Gasteiger charge is -2.17. The van der Waals surface area contributed by atoms with E-state index in [4.69, 9.17) is 4.74 Å². The maximum atomic E-state index is 12.2. The van der Waals surface area contributed by atoms with Crippen LogP contribution in [-0.4, -0.2) is 16.0 Å². The number of benzene rings is 1. The lowest BCUT2D eigenvalue weighted by atomic mass is 9.93. The number of carbonyl (C=O) groups is 1. The fraction of sp³-hybridized carbons (Fsp3) is 0.267. The van der Waals surface area contributed by atoms with Crippen LogP contribution in [0.2, 0.25) is 0 Å². The van der Waals surface area contributed by atoms with E-state index in [0.717, 1.165) is 30.1 Å². The highest BCUT2D eigenvalue weighted by molar-refractivity contribution is 6.03. The summed E-state index contributed by atoms with van der Waals surface area (Å²) in [6.07, 6.45) is 4.01. The third-order valence-corrected chi connectivity index (χ3v) is 3.51. The summed E-state index contributed by atoms with van der Waals surface area (Å²) in [5.41, 5.74) is 2.10. The molecule has 0 aromatic heterocycles. The quantitative estimate of drug-likeness (QED) is 0.750. The van der Waals surface area contributed by atoms with Crippen molar-refractivity contribution in [3.05, 3.63) is 40.7 Å². The van der Waals surface area contributed by atoms with Crippen LogP contribution in [0.3, 0.4) is 0 Å². The Balaban J connectivity index is 2.17. The van der Waals surface area contributed by atoms with Crippen molar-refractivity contribution in [3.63, 3.8) is 0 Å². The number of ether oxygens (including phenoxy) is 1. The molecule has 0 radical (unpaired) electrons. The molecule has 4 nitrogen and oxygen atoms in total. The van der Waals surface area contributed by atoms with Crippen LogP contribution in [0.15, 0.2) is 35.1 Å². The lowest BCUT2D eigenvalue weighted by molar-refractivity contribution is 0.0990. The molecule has 0 fully saturated rings. The molecule has 3 rings (SSSR count). The van der Waals surface area contributed by atoms with Gasteiger partial charge in [0.25, 0.3) is 0 Å². The lowest BCUT2D eigenvalue weighted by Crippen LogP contribution is -2.05. The molecule has 0 amide bonds. The van der Waals surface area contributed by atoms with E-state index in [2.05, 4.69) is 6.08 Å². The molecule has 1 aromatic rings. The van der Waals surface area contributed by atoms with Crippen LogP contribution >= 0.6 is 0 Å². The van der Waals surface area contributed by atoms with Crippen LogP contribution in [0.25, 0.3) is 0 Å². The fourth-order valence-corrected chi connectivity index (χ4v) is 2.61. The normalized spacial score (nSPS) is 18.2. The molecule has 0 spiro atoms. The number of hydrogen-bond donors (Lipinski definition) is 2. The summed E-state index contributed by atoms with van der Waals surface area (Å²) in [6.45, 7) is 1.94.